The van der Waals surface area contributed by atoms with Gasteiger partial charge < -0.3 is 10.2 Å². The van der Waals surface area contributed by atoms with Crippen LogP contribution in [0.5, 0.6) is 0 Å². The Morgan fingerprint density at radius 2 is 1.83 bits per heavy atom. The maximum atomic E-state index is 9.93. The summed E-state index contributed by atoms with van der Waals surface area (Å²) in [5.74, 6) is -1.87. The van der Waals surface area contributed by atoms with Crippen molar-refractivity contribution < 1.29 is 19.8 Å². The van der Waals surface area contributed by atoms with Crippen LogP contribution in [0.2, 0.25) is 0 Å². The molecular weight excluding hydrogens is 160 g/mol. The van der Waals surface area contributed by atoms with E-state index in [9.17, 15) is 9.59 Å². The zero-order valence-electron chi connectivity index (χ0n) is 7.28. The maximum Gasteiger partial charge on any atom is 0.327 e. The van der Waals surface area contributed by atoms with Crippen molar-refractivity contribution in [2.24, 2.45) is 5.92 Å². The van der Waals surface area contributed by atoms with Crippen molar-refractivity contribution in [3.05, 3.63) is 12.7 Å². The van der Waals surface area contributed by atoms with Gasteiger partial charge >= 0.3 is 11.9 Å². The lowest BCUT2D eigenvalue weighted by atomic mass is 10.1. The fourth-order valence-electron chi connectivity index (χ4n) is 0.175. The molecule has 12 heavy (non-hydrogen) atoms. The molecule has 0 saturated heterocycles. The second-order valence-electron chi connectivity index (χ2n) is 2.19. The quantitative estimate of drug-likeness (QED) is 0.634. The average Bonchev–Trinajstić information content (AvgIpc) is 2.04. The summed E-state index contributed by atoms with van der Waals surface area (Å²) in [6, 6.07) is 0. The van der Waals surface area contributed by atoms with Crippen molar-refractivity contribution in [3.8, 4) is 0 Å². The summed E-state index contributed by atoms with van der Waals surface area (Å²) in [5.41, 5.74) is 0. The van der Waals surface area contributed by atoms with E-state index in [4.69, 9.17) is 10.2 Å². The molecule has 4 heteroatoms. The number of hydrogen-bond donors (Lipinski definition) is 2. The third-order valence-electron chi connectivity index (χ3n) is 1.21. The van der Waals surface area contributed by atoms with Crippen LogP contribution in [0, 0.1) is 5.92 Å². The van der Waals surface area contributed by atoms with Crippen molar-refractivity contribution in [3.63, 3.8) is 0 Å². The van der Waals surface area contributed by atoms with E-state index < -0.39 is 11.9 Å². The summed E-state index contributed by atoms with van der Waals surface area (Å²) >= 11 is 0. The van der Waals surface area contributed by atoms with Crippen LogP contribution in [0.25, 0.3) is 0 Å². The molecule has 0 rings (SSSR count). The Morgan fingerprint density at radius 1 is 1.50 bits per heavy atom. The molecule has 0 aromatic heterocycles. The van der Waals surface area contributed by atoms with Crippen molar-refractivity contribution in [2.75, 3.05) is 0 Å². The minimum atomic E-state index is -0.981. The molecule has 0 aliphatic heterocycles. The minimum Gasteiger partial charge on any atom is -0.481 e. The number of aliphatic carboxylic acids is 2. The van der Waals surface area contributed by atoms with Gasteiger partial charge in [-0.25, -0.2) is 4.79 Å². The highest BCUT2D eigenvalue weighted by molar-refractivity contribution is 5.78. The number of rotatable bonds is 3. The predicted molar refractivity (Wildman–Crippen MR) is 44.9 cm³/mol. The van der Waals surface area contributed by atoms with Gasteiger partial charge in [-0.3, -0.25) is 4.79 Å². The molecule has 0 aromatic carbocycles. The summed E-state index contributed by atoms with van der Waals surface area (Å²) in [7, 11) is 0. The molecule has 0 radical (unpaired) electrons. The summed E-state index contributed by atoms with van der Waals surface area (Å²) < 4.78 is 0. The summed E-state index contributed by atoms with van der Waals surface area (Å²) in [5, 5.41) is 15.8. The number of carboxylic acids is 2. The van der Waals surface area contributed by atoms with Gasteiger partial charge in [0, 0.05) is 6.08 Å². The molecule has 70 valence electrons. The Kier molecular flexibility index (Phi) is 8.62. The topological polar surface area (TPSA) is 74.6 Å². The smallest absolute Gasteiger partial charge is 0.327 e. The standard InChI is InChI=1S/C5H10O2.C3H4O2/c1-3-4(2)5(6)7;1-2-3(4)5/h4H,3H2,1-2H3,(H,6,7);2H,1H2,(H,4,5). The van der Waals surface area contributed by atoms with E-state index in [2.05, 4.69) is 6.58 Å². The second kappa shape index (κ2) is 7.78. The Balaban J connectivity index is 0. The zero-order chi connectivity index (χ0) is 10.1. The first-order valence-electron chi connectivity index (χ1n) is 3.53. The predicted octanol–water partition coefficient (Wildman–Crippen LogP) is 1.37. The van der Waals surface area contributed by atoms with E-state index in [1.165, 1.54) is 0 Å². The average molecular weight is 174 g/mol. The molecule has 2 N–H and O–H groups in total. The fraction of sp³-hybridized carbons (Fsp3) is 0.500. The summed E-state index contributed by atoms with van der Waals surface area (Å²) in [4.78, 5) is 19.2. The van der Waals surface area contributed by atoms with E-state index in [1.54, 1.807) is 6.92 Å². The molecule has 1 atom stereocenters. The van der Waals surface area contributed by atoms with Gasteiger partial charge in [-0.2, -0.15) is 0 Å². The number of hydrogen-bond acceptors (Lipinski definition) is 2. The SMILES string of the molecule is C=CC(=O)O.CCC(C)C(=O)O. The first-order valence-corrected chi connectivity index (χ1v) is 3.53. The van der Waals surface area contributed by atoms with E-state index in [0.717, 1.165) is 12.5 Å². The second-order valence-corrected chi connectivity index (χ2v) is 2.19. The molecule has 0 bridgehead atoms. The van der Waals surface area contributed by atoms with E-state index in [1.807, 2.05) is 6.92 Å². The van der Waals surface area contributed by atoms with Crippen LogP contribution in [0.15, 0.2) is 12.7 Å². The maximum absolute atomic E-state index is 9.93. The van der Waals surface area contributed by atoms with Crippen LogP contribution >= 0.6 is 0 Å². The Bertz CT molecular complexity index is 162. The number of carboxylic acid groups (broad SMARTS) is 2. The molecule has 0 saturated carbocycles. The Morgan fingerprint density at radius 3 is 1.83 bits per heavy atom. The van der Waals surface area contributed by atoms with Crippen molar-refractivity contribution in [1.82, 2.24) is 0 Å². The number of carbonyl (C=O) groups is 2. The lowest BCUT2D eigenvalue weighted by Gasteiger charge is -1.96. The van der Waals surface area contributed by atoms with Crippen LogP contribution in [-0.2, 0) is 9.59 Å². The normalized spacial score (nSPS) is 10.5. The van der Waals surface area contributed by atoms with Crippen LogP contribution in [0.1, 0.15) is 20.3 Å². The molecule has 0 spiro atoms. The third kappa shape index (κ3) is 11.5. The van der Waals surface area contributed by atoms with Crippen LogP contribution in [0.4, 0.5) is 0 Å². The van der Waals surface area contributed by atoms with Crippen molar-refractivity contribution >= 4 is 11.9 Å². The first-order chi connectivity index (χ1) is 5.45. The molecule has 0 aliphatic rings. The monoisotopic (exact) mass is 174 g/mol. The fourth-order valence-corrected chi connectivity index (χ4v) is 0.175. The molecular formula is C8H14O4. The molecule has 4 nitrogen and oxygen atoms in total. The molecule has 0 fully saturated rings. The third-order valence-corrected chi connectivity index (χ3v) is 1.21. The van der Waals surface area contributed by atoms with Gasteiger partial charge in [-0.15, -0.1) is 0 Å². The van der Waals surface area contributed by atoms with Crippen molar-refractivity contribution in [1.29, 1.82) is 0 Å². The molecule has 0 amide bonds. The van der Waals surface area contributed by atoms with Gasteiger partial charge in [0.25, 0.3) is 0 Å². The van der Waals surface area contributed by atoms with Gasteiger partial charge in [-0.05, 0) is 6.42 Å². The Hall–Kier alpha value is -1.32. The highest BCUT2D eigenvalue weighted by Crippen LogP contribution is 1.97. The van der Waals surface area contributed by atoms with Gasteiger partial charge in [-0.1, -0.05) is 20.4 Å². The summed E-state index contributed by atoms with van der Waals surface area (Å²) in [6.07, 6.45) is 1.55. The zero-order valence-corrected chi connectivity index (χ0v) is 7.28. The molecule has 1 unspecified atom stereocenters. The first kappa shape index (κ1) is 13.3. The van der Waals surface area contributed by atoms with Crippen LogP contribution in [0.3, 0.4) is 0 Å². The van der Waals surface area contributed by atoms with Crippen LogP contribution in [-0.4, -0.2) is 22.2 Å². The highest BCUT2D eigenvalue weighted by Gasteiger charge is 2.05. The Labute approximate surface area is 71.5 Å². The molecule has 0 heterocycles. The molecule has 0 aliphatic carbocycles. The van der Waals surface area contributed by atoms with E-state index in [-0.39, 0.29) is 5.92 Å². The van der Waals surface area contributed by atoms with Gasteiger partial charge in [0.05, 0.1) is 5.92 Å². The lowest BCUT2D eigenvalue weighted by Crippen LogP contribution is -2.06. The molecule has 0 aromatic rings. The van der Waals surface area contributed by atoms with E-state index in [0.29, 0.717) is 0 Å². The van der Waals surface area contributed by atoms with Crippen LogP contribution < -0.4 is 0 Å². The lowest BCUT2D eigenvalue weighted by molar-refractivity contribution is -0.141. The van der Waals surface area contributed by atoms with Gasteiger partial charge in [0.15, 0.2) is 0 Å². The van der Waals surface area contributed by atoms with E-state index >= 15 is 0 Å². The largest absolute Gasteiger partial charge is 0.481 e. The van der Waals surface area contributed by atoms with Gasteiger partial charge in [0.2, 0.25) is 0 Å². The minimum absolute atomic E-state index is 0.181. The highest BCUT2D eigenvalue weighted by atomic mass is 16.4. The summed E-state index contributed by atoms with van der Waals surface area (Å²) in [6.45, 7) is 6.52. The van der Waals surface area contributed by atoms with Gasteiger partial charge in [0.1, 0.15) is 0 Å². The van der Waals surface area contributed by atoms with Crippen molar-refractivity contribution in [2.45, 2.75) is 20.3 Å².